The number of carbonyl (C=O) groups is 1. The van der Waals surface area contributed by atoms with Crippen molar-refractivity contribution in [3.8, 4) is 0 Å². The van der Waals surface area contributed by atoms with Crippen LogP contribution in [0.3, 0.4) is 0 Å². The van der Waals surface area contributed by atoms with Crippen LogP contribution in [0.1, 0.15) is 71.4 Å². The minimum atomic E-state index is -4.14. The number of benzene rings is 4. The molecule has 346 valence electrons. The van der Waals surface area contributed by atoms with Gasteiger partial charge >= 0.3 is 6.09 Å². The van der Waals surface area contributed by atoms with E-state index in [1.807, 2.05) is 31.2 Å². The van der Waals surface area contributed by atoms with Crippen molar-refractivity contribution in [2.24, 2.45) is 0 Å². The molecule has 4 aliphatic rings. The number of nitrogens with zero attached hydrogens (tertiary/aromatic N) is 4. The van der Waals surface area contributed by atoms with Gasteiger partial charge in [0.2, 0.25) is 5.71 Å². The first-order chi connectivity index (χ1) is 30.4. The van der Waals surface area contributed by atoms with Crippen LogP contribution in [0.4, 0.5) is 16.2 Å². The van der Waals surface area contributed by atoms with Gasteiger partial charge in [0.1, 0.15) is 0 Å². The number of allylic oxidation sites excluding steroid dienone is 8. The second-order valence-corrected chi connectivity index (χ2v) is 21.3. The van der Waals surface area contributed by atoms with Crippen LogP contribution in [-0.2, 0) is 35.8 Å². The maximum atomic E-state index is 12.8. The van der Waals surface area contributed by atoms with Gasteiger partial charge in [-0.25, -0.2) is 9.37 Å². The molecule has 1 amide bonds. The van der Waals surface area contributed by atoms with E-state index in [0.717, 1.165) is 74.0 Å². The van der Waals surface area contributed by atoms with E-state index in [-0.39, 0.29) is 35.9 Å². The quantitative estimate of drug-likeness (QED) is 0.109. The average molecular weight is 925 g/mol. The number of hydrogen-bond donors (Lipinski definition) is 2. The molecule has 3 aliphatic heterocycles. The Morgan fingerprint density at radius 1 is 0.677 bits per heavy atom. The number of rotatable bonds is 11. The highest BCUT2D eigenvalue weighted by Crippen LogP contribution is 2.52. The molecule has 4 aromatic carbocycles. The molecule has 8 rings (SSSR count). The summed E-state index contributed by atoms with van der Waals surface area (Å²) in [6, 6.07) is 25.1. The molecule has 1 aliphatic carbocycles. The van der Waals surface area contributed by atoms with E-state index < -0.39 is 31.1 Å². The maximum absolute atomic E-state index is 12.8. The summed E-state index contributed by atoms with van der Waals surface area (Å²) >= 11 is 0. The topological polar surface area (TPSA) is 178 Å². The summed E-state index contributed by atoms with van der Waals surface area (Å²) in [6.07, 6.45) is 10.5. The lowest BCUT2D eigenvalue weighted by molar-refractivity contribution is -0.537. The van der Waals surface area contributed by atoms with E-state index in [2.05, 4.69) is 115 Å². The molecule has 13 nitrogen and oxygen atoms in total. The molecular weight excluding hydrogens is 865 g/mol. The second-order valence-electron chi connectivity index (χ2n) is 18.2. The van der Waals surface area contributed by atoms with Crippen molar-refractivity contribution in [2.75, 3.05) is 67.2 Å². The lowest BCUT2D eigenvalue weighted by Crippen LogP contribution is -2.47. The molecule has 2 fully saturated rings. The van der Waals surface area contributed by atoms with Gasteiger partial charge in [0.15, 0.2) is 13.1 Å². The zero-order valence-electron chi connectivity index (χ0n) is 37.8. The number of piperazine rings is 1. The molecular formula is C50H60N4O9S2. The summed E-state index contributed by atoms with van der Waals surface area (Å²) in [5.41, 5.74) is 9.01. The molecule has 3 heterocycles. The Labute approximate surface area is 382 Å². The van der Waals surface area contributed by atoms with Gasteiger partial charge in [0.25, 0.3) is 20.2 Å². The maximum Gasteiger partial charge on any atom is 0.410 e. The summed E-state index contributed by atoms with van der Waals surface area (Å²) in [6.45, 7) is 14.0. The van der Waals surface area contributed by atoms with Crippen LogP contribution < -0.4 is 9.80 Å². The standard InChI is InChI=1S/C50H58N4O8S2.H2O/c1-6-62-48(55)52-31-29-51(30-32-52)47-37(21-25-43-49(2,3)45-39-15-9-7-13-35(39)19-23-41(45)53(43)27-11-33-63(56,57)58)17-18-38(47)22-26-44-50(4,5)46-40-16-10-8-14-36(40)20-24-42(46)54(44)28-12-34-64(59,60)61;/h7-10,13-16,19-26H,6,11-12,17-18,27-34H2,1-5H3,(H-,56,57,58,59,60,61);1H2. The normalized spacial score (nSPS) is 20.7. The Bertz CT molecular complexity index is 2730. The van der Waals surface area contributed by atoms with Crippen molar-refractivity contribution in [3.05, 3.63) is 131 Å². The molecule has 0 aromatic heterocycles. The van der Waals surface area contributed by atoms with E-state index in [4.69, 9.17) is 4.74 Å². The van der Waals surface area contributed by atoms with Crippen LogP contribution in [-0.4, -0.2) is 110 Å². The summed E-state index contributed by atoms with van der Waals surface area (Å²) in [7, 11) is -8.29. The van der Waals surface area contributed by atoms with Crippen LogP contribution in [0.2, 0.25) is 0 Å². The molecule has 1 saturated heterocycles. The lowest BCUT2D eigenvalue weighted by Gasteiger charge is -2.27. The number of ether oxygens (including phenoxy) is 1. The summed E-state index contributed by atoms with van der Waals surface area (Å²) in [5, 5.41) is 4.54. The first-order valence-electron chi connectivity index (χ1n) is 22.3. The van der Waals surface area contributed by atoms with Gasteiger partial charge in [0.05, 0.1) is 31.2 Å². The van der Waals surface area contributed by atoms with Crippen LogP contribution >= 0.6 is 0 Å². The Hall–Kier alpha value is -5.32. The van der Waals surface area contributed by atoms with Crippen LogP contribution in [0, 0.1) is 0 Å². The number of carbonyl (C=O) groups excluding carboxylic acids is 1. The van der Waals surface area contributed by atoms with E-state index in [1.54, 1.807) is 4.90 Å². The van der Waals surface area contributed by atoms with Crippen LogP contribution in [0.5, 0.6) is 0 Å². The highest BCUT2D eigenvalue weighted by Gasteiger charge is 2.43. The van der Waals surface area contributed by atoms with Crippen LogP contribution in [0.15, 0.2) is 120 Å². The van der Waals surface area contributed by atoms with Crippen molar-refractivity contribution in [1.82, 2.24) is 4.90 Å². The third kappa shape index (κ3) is 9.53. The molecule has 0 bridgehead atoms. The first kappa shape index (κ1) is 47.6. The van der Waals surface area contributed by atoms with Gasteiger partial charge in [-0.1, -0.05) is 101 Å². The predicted octanol–water partition coefficient (Wildman–Crippen LogP) is 8.61. The van der Waals surface area contributed by atoms with Gasteiger partial charge in [0, 0.05) is 57.8 Å². The Morgan fingerprint density at radius 3 is 1.52 bits per heavy atom. The van der Waals surface area contributed by atoms with E-state index in [9.17, 15) is 30.7 Å². The number of anilines is 2. The molecule has 1 saturated carbocycles. The molecule has 4 aromatic rings. The summed E-state index contributed by atoms with van der Waals surface area (Å²) in [4.78, 5) is 19.0. The minimum Gasteiger partial charge on any atom is -0.870 e. The fourth-order valence-corrected chi connectivity index (χ4v) is 11.5. The fraction of sp³-hybridized carbons (Fsp3) is 0.400. The fourth-order valence-electron chi connectivity index (χ4n) is 10.5. The van der Waals surface area contributed by atoms with Gasteiger partial charge in [-0.2, -0.15) is 16.8 Å². The van der Waals surface area contributed by atoms with Gasteiger partial charge < -0.3 is 20.0 Å². The SMILES string of the molecule is CCOC(=O)N1CC[N+](=C2C(=CC=C3N(CCCS(=O)(=O)O)c4ccc5ccccc5c4C3(C)C)CC/C2=C/C=C2\N(CCCS(=O)(=O)O)c3ccc4ccccc4c3C2(C)C)CC1.[OH-]. The third-order valence-corrected chi connectivity index (χ3v) is 15.0. The first-order valence-corrected chi connectivity index (χ1v) is 25.5. The van der Waals surface area contributed by atoms with Crippen molar-refractivity contribution in [1.29, 1.82) is 0 Å². The molecule has 0 atom stereocenters. The smallest absolute Gasteiger partial charge is 0.410 e. The Kier molecular flexibility index (Phi) is 13.6. The predicted molar refractivity (Wildman–Crippen MR) is 258 cm³/mol. The number of amides is 1. The summed E-state index contributed by atoms with van der Waals surface area (Å²) in [5.74, 6) is -0.673. The van der Waals surface area contributed by atoms with Crippen molar-refractivity contribution in [2.45, 2.75) is 71.1 Å². The molecule has 0 unspecified atom stereocenters. The third-order valence-electron chi connectivity index (χ3n) is 13.4. The largest absolute Gasteiger partial charge is 0.870 e. The Balaban J connectivity index is 0.00000630. The molecule has 15 heteroatoms. The number of hydrogen-bond acceptors (Lipinski definition) is 9. The highest BCUT2D eigenvalue weighted by atomic mass is 32.2. The molecule has 3 N–H and O–H groups in total. The van der Waals surface area contributed by atoms with E-state index >= 15 is 0 Å². The van der Waals surface area contributed by atoms with Crippen LogP contribution in [0.25, 0.3) is 21.5 Å². The van der Waals surface area contributed by atoms with Crippen molar-refractivity contribution >= 4 is 65.0 Å². The Morgan fingerprint density at radius 2 is 1.11 bits per heavy atom. The zero-order chi connectivity index (χ0) is 45.6. The molecule has 0 spiro atoms. The van der Waals surface area contributed by atoms with Crippen molar-refractivity contribution in [3.63, 3.8) is 0 Å². The van der Waals surface area contributed by atoms with Gasteiger partial charge in [-0.05, 0) is 89.6 Å². The van der Waals surface area contributed by atoms with E-state index in [0.29, 0.717) is 45.9 Å². The average Bonchev–Trinajstić information content (AvgIpc) is 3.82. The lowest BCUT2D eigenvalue weighted by atomic mass is 9.81. The number of fused-ring (bicyclic) bond motifs is 6. The summed E-state index contributed by atoms with van der Waals surface area (Å²) < 4.78 is 74.5. The highest BCUT2D eigenvalue weighted by molar-refractivity contribution is 7.86. The van der Waals surface area contributed by atoms with E-state index in [1.165, 1.54) is 11.1 Å². The van der Waals surface area contributed by atoms with Gasteiger partial charge in [-0.15, -0.1) is 0 Å². The van der Waals surface area contributed by atoms with Gasteiger partial charge in [-0.3, -0.25) is 14.0 Å². The monoisotopic (exact) mass is 924 g/mol. The minimum absolute atomic E-state index is 0. The molecule has 0 radical (unpaired) electrons. The zero-order valence-corrected chi connectivity index (χ0v) is 39.5. The second kappa shape index (κ2) is 18.5. The van der Waals surface area contributed by atoms with Crippen molar-refractivity contribution < 1.29 is 45.5 Å². The molecule has 65 heavy (non-hydrogen) atoms.